The van der Waals surface area contributed by atoms with Gasteiger partial charge in [-0.2, -0.15) is 8.88 Å². The van der Waals surface area contributed by atoms with Gasteiger partial charge in [-0.05, 0) is 6.92 Å². The third kappa shape index (κ3) is 8.08. The highest BCUT2D eigenvalue weighted by atomic mass is 32.1. The number of aliphatic hydroxyl groups is 1. The normalized spacial score (nSPS) is 15.1. The van der Waals surface area contributed by atoms with Crippen LogP contribution in [-0.2, 0) is 35.7 Å². The molecule has 0 aromatic carbocycles. The van der Waals surface area contributed by atoms with Crippen molar-refractivity contribution in [3.05, 3.63) is 33.7 Å². The first kappa shape index (κ1) is 25.0. The highest BCUT2D eigenvalue weighted by molar-refractivity contribution is 7.60. The molecule has 2 aromatic heterocycles. The van der Waals surface area contributed by atoms with Crippen molar-refractivity contribution in [2.24, 2.45) is 0 Å². The predicted molar refractivity (Wildman–Crippen MR) is 104 cm³/mol. The first-order valence-electron chi connectivity index (χ1n) is 8.44. The Bertz CT molecular complexity index is 967. The van der Waals surface area contributed by atoms with E-state index in [4.69, 9.17) is 25.2 Å². The van der Waals surface area contributed by atoms with Crippen LogP contribution in [0, 0.1) is 13.8 Å². The van der Waals surface area contributed by atoms with Gasteiger partial charge in [0.2, 0.25) is 5.51 Å². The minimum absolute atomic E-state index is 0.159. The largest absolute Gasteiger partial charge is 0.483 e. The average Bonchev–Trinajstić information content (AvgIpc) is 2.91. The third-order valence-electron chi connectivity index (χ3n) is 3.71. The molecule has 0 radical (unpaired) electrons. The van der Waals surface area contributed by atoms with E-state index in [1.807, 2.05) is 17.0 Å². The Kier molecular flexibility index (Phi) is 8.60. The number of phosphoric acid groups is 2. The van der Waals surface area contributed by atoms with E-state index >= 15 is 0 Å². The molecule has 2 unspecified atom stereocenters. The molecule has 2 aromatic rings. The molecule has 0 saturated carbocycles. The Morgan fingerprint density at radius 3 is 2.63 bits per heavy atom. The van der Waals surface area contributed by atoms with Crippen LogP contribution in [-0.4, -0.2) is 49.3 Å². The quantitative estimate of drug-likeness (QED) is 0.125. The van der Waals surface area contributed by atoms with Crippen LogP contribution in [0.2, 0.25) is 0 Å². The van der Waals surface area contributed by atoms with Gasteiger partial charge < -0.3 is 30.3 Å². The molecule has 168 valence electrons. The van der Waals surface area contributed by atoms with Crippen LogP contribution in [0.3, 0.4) is 0 Å². The average molecular weight is 485 g/mol. The van der Waals surface area contributed by atoms with Gasteiger partial charge in [-0.25, -0.2) is 19.1 Å². The number of aromatic nitrogens is 3. The molecule has 2 heterocycles. The van der Waals surface area contributed by atoms with Gasteiger partial charge in [0.25, 0.3) is 0 Å². The van der Waals surface area contributed by atoms with Crippen LogP contribution in [0.25, 0.3) is 0 Å². The molecule has 2 rings (SSSR count). The molecule has 0 aliphatic heterocycles. The molecule has 2 atom stereocenters. The van der Waals surface area contributed by atoms with Crippen molar-refractivity contribution in [3.8, 4) is 0 Å². The van der Waals surface area contributed by atoms with Crippen molar-refractivity contribution in [2.75, 3.05) is 18.9 Å². The Morgan fingerprint density at radius 1 is 1.30 bits per heavy atom. The molecule has 13 nitrogen and oxygen atoms in total. The second-order valence-electron chi connectivity index (χ2n) is 6.11. The number of hydrogen-bond acceptors (Lipinski definition) is 10. The number of anilines is 1. The summed E-state index contributed by atoms with van der Waals surface area (Å²) in [7, 11) is -10.4. The summed E-state index contributed by atoms with van der Waals surface area (Å²) in [5.74, 6) is 1.02. The fourth-order valence-corrected chi connectivity index (χ4v) is 4.93. The van der Waals surface area contributed by atoms with Gasteiger partial charge in [0, 0.05) is 19.5 Å². The highest BCUT2D eigenvalue weighted by Crippen LogP contribution is 2.57. The van der Waals surface area contributed by atoms with E-state index in [-0.39, 0.29) is 6.61 Å². The molecule has 0 spiro atoms. The standard InChI is InChI=1S/C14H22N4O9P2S/c1-9-12(30-8-18(9)6-11-5-16-10(2)17-14(11)15)3-4-25-7-13(19)26-29(23,24)27-28(20,21)22/h5,8,13,19H,3-4,6-7H2,1-2H3,(H4-,15,16,17,20,21,22,23,24)/p+1. The van der Waals surface area contributed by atoms with Crippen molar-refractivity contribution in [1.82, 2.24) is 9.97 Å². The fraction of sp³-hybridized carbons (Fsp3) is 0.500. The van der Waals surface area contributed by atoms with E-state index < -0.39 is 28.5 Å². The summed E-state index contributed by atoms with van der Waals surface area (Å²) in [5.41, 5.74) is 9.62. The number of hydrogen-bond donors (Lipinski definition) is 5. The molecule has 0 aliphatic rings. The second kappa shape index (κ2) is 10.3. The van der Waals surface area contributed by atoms with E-state index in [1.54, 1.807) is 13.1 Å². The summed E-state index contributed by atoms with van der Waals surface area (Å²) >= 11 is 1.50. The lowest BCUT2D eigenvalue weighted by Crippen LogP contribution is -2.35. The van der Waals surface area contributed by atoms with Crippen LogP contribution >= 0.6 is 27.0 Å². The smallest absolute Gasteiger partial charge is 0.383 e. The van der Waals surface area contributed by atoms with Crippen molar-refractivity contribution in [3.63, 3.8) is 0 Å². The van der Waals surface area contributed by atoms with E-state index in [2.05, 4.69) is 18.8 Å². The summed E-state index contributed by atoms with van der Waals surface area (Å²) < 4.78 is 36.8. The Labute approximate surface area is 176 Å². The van der Waals surface area contributed by atoms with Gasteiger partial charge >= 0.3 is 15.6 Å². The molecule has 0 fully saturated rings. The maximum Gasteiger partial charge on any atom is 0.483 e. The number of thiazole rings is 1. The summed E-state index contributed by atoms with van der Waals surface area (Å²) in [4.78, 5) is 35.4. The van der Waals surface area contributed by atoms with Gasteiger partial charge in [0.15, 0.2) is 18.5 Å². The number of nitrogens with two attached hydrogens (primary N) is 1. The van der Waals surface area contributed by atoms with Gasteiger partial charge in [-0.3, -0.25) is 4.52 Å². The molecule has 0 bridgehead atoms. The SMILES string of the molecule is Cc1ncc(C[n+]2csc(CCOCC(O)OP(=O)(O)OP(=O)(O)O)c2C)c(N)n1. The maximum absolute atomic E-state index is 11.3. The molecule has 30 heavy (non-hydrogen) atoms. The van der Waals surface area contributed by atoms with E-state index in [0.717, 1.165) is 16.1 Å². The maximum atomic E-state index is 11.3. The van der Waals surface area contributed by atoms with Gasteiger partial charge in [0.1, 0.15) is 11.6 Å². The number of nitrogen functional groups attached to an aromatic ring is 1. The van der Waals surface area contributed by atoms with E-state index in [9.17, 15) is 14.2 Å². The monoisotopic (exact) mass is 485 g/mol. The predicted octanol–water partition coefficient (Wildman–Crippen LogP) is 0.177. The van der Waals surface area contributed by atoms with E-state index in [1.165, 1.54) is 11.3 Å². The van der Waals surface area contributed by atoms with Gasteiger partial charge in [-0.1, -0.05) is 11.3 Å². The minimum Gasteiger partial charge on any atom is -0.383 e. The second-order valence-corrected chi connectivity index (χ2v) is 9.83. The fourth-order valence-electron chi connectivity index (χ4n) is 2.35. The molecule has 0 amide bonds. The topological polar surface area (TPSA) is 198 Å². The molecule has 0 saturated heterocycles. The zero-order valence-corrected chi connectivity index (χ0v) is 18.7. The van der Waals surface area contributed by atoms with Crippen LogP contribution in [0.4, 0.5) is 5.82 Å². The van der Waals surface area contributed by atoms with Crippen molar-refractivity contribution in [2.45, 2.75) is 33.1 Å². The lowest BCUT2D eigenvalue weighted by atomic mass is 10.2. The number of nitrogens with zero attached hydrogens (tertiary/aromatic N) is 3. The number of rotatable bonds is 11. The number of aliphatic hydroxyl groups excluding tert-OH is 1. The van der Waals surface area contributed by atoms with Crippen molar-refractivity contribution < 1.29 is 47.1 Å². The summed E-state index contributed by atoms with van der Waals surface area (Å²) in [5, 5.41) is 9.51. The van der Waals surface area contributed by atoms with Crippen LogP contribution < -0.4 is 10.3 Å². The lowest BCUT2D eigenvalue weighted by molar-refractivity contribution is -0.689. The zero-order chi connectivity index (χ0) is 22.5. The van der Waals surface area contributed by atoms with E-state index in [0.29, 0.717) is 24.6 Å². The van der Waals surface area contributed by atoms with Crippen LogP contribution in [0.15, 0.2) is 11.7 Å². The summed E-state index contributed by atoms with van der Waals surface area (Å²) in [6, 6.07) is 0. The van der Waals surface area contributed by atoms with Crippen LogP contribution in [0.5, 0.6) is 0 Å². The Balaban J connectivity index is 1.82. The van der Waals surface area contributed by atoms with Crippen molar-refractivity contribution in [1.29, 1.82) is 0 Å². The molecule has 6 N–H and O–H groups in total. The van der Waals surface area contributed by atoms with Crippen LogP contribution in [0.1, 0.15) is 22.0 Å². The Hall–Kier alpha value is -1.31. The number of ether oxygens (including phenoxy) is 1. The first-order chi connectivity index (χ1) is 13.9. The summed E-state index contributed by atoms with van der Waals surface area (Å²) in [6.07, 6.45) is 0.264. The highest BCUT2D eigenvalue weighted by Gasteiger charge is 2.34. The minimum atomic E-state index is -5.26. The van der Waals surface area contributed by atoms with Gasteiger partial charge in [-0.15, -0.1) is 0 Å². The Morgan fingerprint density at radius 2 is 2.00 bits per heavy atom. The lowest BCUT2D eigenvalue weighted by Gasteiger charge is -2.16. The molecule has 16 heteroatoms. The van der Waals surface area contributed by atoms with Crippen molar-refractivity contribution >= 4 is 32.8 Å². The van der Waals surface area contributed by atoms with Gasteiger partial charge in [0.05, 0.1) is 23.7 Å². The number of phosphoric ester groups is 1. The summed E-state index contributed by atoms with van der Waals surface area (Å²) in [6.45, 7) is 3.85. The zero-order valence-electron chi connectivity index (χ0n) is 16.1. The molecular weight excluding hydrogens is 462 g/mol. The number of aryl methyl sites for hydroxylation is 1. The molecular formula is C14H23N4O9P2S+. The first-order valence-corrected chi connectivity index (χ1v) is 12.3. The third-order valence-corrected chi connectivity index (χ3v) is 7.04. The molecule has 0 aliphatic carbocycles.